The summed E-state index contributed by atoms with van der Waals surface area (Å²) in [6, 6.07) is 12.0. The van der Waals surface area contributed by atoms with Crippen molar-refractivity contribution < 1.29 is 14.0 Å². The van der Waals surface area contributed by atoms with Gasteiger partial charge in [0, 0.05) is 5.02 Å². The zero-order chi connectivity index (χ0) is 15.7. The predicted molar refractivity (Wildman–Crippen MR) is 81.5 cm³/mol. The Morgan fingerprint density at radius 1 is 1.00 bits per heavy atom. The van der Waals surface area contributed by atoms with Gasteiger partial charge in [0.2, 0.25) is 0 Å². The van der Waals surface area contributed by atoms with Gasteiger partial charge in [-0.1, -0.05) is 23.7 Å². The Morgan fingerprint density at radius 2 is 1.64 bits per heavy atom. The van der Waals surface area contributed by atoms with E-state index in [0.29, 0.717) is 16.3 Å². The number of halogens is 2. The fourth-order valence-corrected chi connectivity index (χ4v) is 2.18. The number of anilines is 1. The van der Waals surface area contributed by atoms with E-state index in [-0.39, 0.29) is 11.4 Å². The summed E-state index contributed by atoms with van der Waals surface area (Å²) in [4.78, 5) is 24.3. The van der Waals surface area contributed by atoms with Crippen molar-refractivity contribution in [2.24, 2.45) is 0 Å². The maximum absolute atomic E-state index is 12.9. The molecule has 22 heavy (non-hydrogen) atoms. The Labute approximate surface area is 130 Å². The highest BCUT2D eigenvalue weighted by Crippen LogP contribution is 2.23. The topological polar surface area (TPSA) is 49.4 Å². The summed E-state index contributed by atoms with van der Waals surface area (Å²) in [6.45, 7) is 0. The molecule has 0 radical (unpaired) electrons. The molecule has 2 amide bonds. The molecule has 2 aromatic carbocycles. The second kappa shape index (κ2) is 5.61. The molecule has 0 bridgehead atoms. The summed E-state index contributed by atoms with van der Waals surface area (Å²) in [6.07, 6.45) is 1.42. The number of nitrogens with one attached hydrogen (secondary N) is 1. The van der Waals surface area contributed by atoms with Gasteiger partial charge in [-0.2, -0.15) is 0 Å². The molecule has 2 aromatic rings. The Balaban J connectivity index is 1.91. The van der Waals surface area contributed by atoms with Gasteiger partial charge in [-0.05, 0) is 48.0 Å². The summed E-state index contributed by atoms with van der Waals surface area (Å²) in [5, 5.41) is 1.68. The van der Waals surface area contributed by atoms with Crippen LogP contribution in [0.15, 0.2) is 54.1 Å². The third kappa shape index (κ3) is 2.71. The van der Waals surface area contributed by atoms with Gasteiger partial charge in [0.15, 0.2) is 0 Å². The summed E-state index contributed by atoms with van der Waals surface area (Å²) >= 11 is 5.80. The van der Waals surface area contributed by atoms with Crippen molar-refractivity contribution in [3.05, 3.63) is 70.5 Å². The number of benzene rings is 2. The van der Waals surface area contributed by atoms with Crippen LogP contribution >= 0.6 is 11.6 Å². The van der Waals surface area contributed by atoms with Crippen LogP contribution in [0.1, 0.15) is 5.56 Å². The monoisotopic (exact) mass is 316 g/mol. The molecule has 1 aliphatic rings. The lowest BCUT2D eigenvalue weighted by Crippen LogP contribution is -2.35. The quantitative estimate of drug-likeness (QED) is 0.684. The van der Waals surface area contributed by atoms with E-state index in [1.807, 2.05) is 0 Å². The third-order valence-corrected chi connectivity index (χ3v) is 3.41. The molecule has 1 heterocycles. The number of hydrogen-bond acceptors (Lipinski definition) is 2. The molecule has 0 saturated carbocycles. The standard InChI is InChI=1S/C16H10ClFN2O2/c17-11-3-7-13(8-4-11)20-16(22)14(15(21)19-20)9-10-1-5-12(18)6-2-10/h1-9H,(H,19,21)/b14-9-. The molecule has 3 rings (SSSR count). The lowest BCUT2D eigenvalue weighted by atomic mass is 10.1. The first-order valence-corrected chi connectivity index (χ1v) is 6.81. The summed E-state index contributed by atoms with van der Waals surface area (Å²) in [7, 11) is 0. The van der Waals surface area contributed by atoms with E-state index in [0.717, 1.165) is 5.01 Å². The van der Waals surface area contributed by atoms with Gasteiger partial charge < -0.3 is 0 Å². The predicted octanol–water partition coefficient (Wildman–Crippen LogP) is 2.94. The fraction of sp³-hybridized carbons (Fsp3) is 0. The van der Waals surface area contributed by atoms with Crippen LogP contribution in [0.2, 0.25) is 5.02 Å². The van der Waals surface area contributed by atoms with E-state index in [1.54, 1.807) is 24.3 Å². The highest BCUT2D eigenvalue weighted by Gasteiger charge is 2.34. The summed E-state index contributed by atoms with van der Waals surface area (Å²) in [5.41, 5.74) is 3.54. The Kier molecular flexibility index (Phi) is 3.65. The van der Waals surface area contributed by atoms with Gasteiger partial charge in [-0.3, -0.25) is 15.0 Å². The molecule has 1 aliphatic heterocycles. The molecular weight excluding hydrogens is 307 g/mol. The Morgan fingerprint density at radius 3 is 2.27 bits per heavy atom. The maximum atomic E-state index is 12.9. The van der Waals surface area contributed by atoms with Crippen molar-refractivity contribution in [1.29, 1.82) is 0 Å². The van der Waals surface area contributed by atoms with Crippen LogP contribution in [0.5, 0.6) is 0 Å². The molecule has 0 aromatic heterocycles. The van der Waals surface area contributed by atoms with Crippen LogP contribution in [0, 0.1) is 5.82 Å². The first kappa shape index (κ1) is 14.3. The maximum Gasteiger partial charge on any atom is 0.282 e. The zero-order valence-corrected chi connectivity index (χ0v) is 12.0. The minimum atomic E-state index is -0.510. The van der Waals surface area contributed by atoms with E-state index in [2.05, 4.69) is 5.43 Å². The van der Waals surface area contributed by atoms with Crippen LogP contribution in [-0.4, -0.2) is 11.8 Å². The first-order valence-electron chi connectivity index (χ1n) is 6.43. The Hall–Kier alpha value is -2.66. The van der Waals surface area contributed by atoms with E-state index >= 15 is 0 Å². The SMILES string of the molecule is O=C1NN(c2ccc(Cl)cc2)C(=O)/C1=C\c1ccc(F)cc1. The van der Waals surface area contributed by atoms with Crippen molar-refractivity contribution in [2.45, 2.75) is 0 Å². The van der Waals surface area contributed by atoms with Gasteiger partial charge in [0.1, 0.15) is 11.4 Å². The highest BCUT2D eigenvalue weighted by molar-refractivity contribution is 6.32. The first-order chi connectivity index (χ1) is 10.5. The number of nitrogens with zero attached hydrogens (tertiary/aromatic N) is 1. The molecular formula is C16H10ClFN2O2. The van der Waals surface area contributed by atoms with Crippen LogP contribution < -0.4 is 10.4 Å². The second-order valence-corrected chi connectivity index (χ2v) is 5.10. The van der Waals surface area contributed by atoms with Crippen LogP contribution in [0.25, 0.3) is 6.08 Å². The van der Waals surface area contributed by atoms with Crippen LogP contribution in [0.4, 0.5) is 10.1 Å². The number of rotatable bonds is 2. The van der Waals surface area contributed by atoms with E-state index in [4.69, 9.17) is 11.6 Å². The molecule has 0 atom stereocenters. The number of hydrazine groups is 1. The number of hydrogen-bond donors (Lipinski definition) is 1. The molecule has 1 N–H and O–H groups in total. The summed E-state index contributed by atoms with van der Waals surface area (Å²) in [5.74, 6) is -1.37. The number of amides is 2. The van der Waals surface area contributed by atoms with Gasteiger partial charge in [0.25, 0.3) is 11.8 Å². The molecule has 0 spiro atoms. The normalized spacial score (nSPS) is 16.3. The largest absolute Gasteiger partial charge is 0.282 e. The van der Waals surface area contributed by atoms with Gasteiger partial charge in [0.05, 0.1) is 5.69 Å². The smallest absolute Gasteiger partial charge is 0.267 e. The van der Waals surface area contributed by atoms with Crippen LogP contribution in [-0.2, 0) is 9.59 Å². The lowest BCUT2D eigenvalue weighted by Gasteiger charge is -2.14. The van der Waals surface area contributed by atoms with E-state index in [1.165, 1.54) is 30.3 Å². The molecule has 0 unspecified atom stereocenters. The molecule has 1 fully saturated rings. The molecule has 0 aliphatic carbocycles. The Bertz CT molecular complexity index is 770. The van der Waals surface area contributed by atoms with Crippen molar-refractivity contribution >= 4 is 35.2 Å². The number of carbonyl (C=O) groups is 2. The van der Waals surface area contributed by atoms with E-state index in [9.17, 15) is 14.0 Å². The minimum Gasteiger partial charge on any atom is -0.267 e. The lowest BCUT2D eigenvalue weighted by molar-refractivity contribution is -0.117. The molecule has 110 valence electrons. The van der Waals surface area contributed by atoms with Gasteiger partial charge in [-0.25, -0.2) is 9.40 Å². The minimum absolute atomic E-state index is 0.0124. The van der Waals surface area contributed by atoms with Crippen molar-refractivity contribution in [3.8, 4) is 0 Å². The third-order valence-electron chi connectivity index (χ3n) is 3.16. The van der Waals surface area contributed by atoms with Crippen molar-refractivity contribution in [3.63, 3.8) is 0 Å². The van der Waals surface area contributed by atoms with Crippen molar-refractivity contribution in [1.82, 2.24) is 5.43 Å². The van der Waals surface area contributed by atoms with Crippen molar-refractivity contribution in [2.75, 3.05) is 5.01 Å². The average Bonchev–Trinajstić information content (AvgIpc) is 2.78. The molecule has 1 saturated heterocycles. The molecule has 4 nitrogen and oxygen atoms in total. The van der Waals surface area contributed by atoms with Gasteiger partial charge >= 0.3 is 0 Å². The zero-order valence-electron chi connectivity index (χ0n) is 11.2. The van der Waals surface area contributed by atoms with Gasteiger partial charge in [-0.15, -0.1) is 0 Å². The van der Waals surface area contributed by atoms with E-state index < -0.39 is 11.8 Å². The average molecular weight is 317 g/mol. The summed E-state index contributed by atoms with van der Waals surface area (Å²) < 4.78 is 12.9. The number of carbonyl (C=O) groups excluding carboxylic acids is 2. The highest BCUT2D eigenvalue weighted by atomic mass is 35.5. The second-order valence-electron chi connectivity index (χ2n) is 4.67. The fourth-order valence-electron chi connectivity index (χ4n) is 2.06. The van der Waals surface area contributed by atoms with Crippen LogP contribution in [0.3, 0.4) is 0 Å². The molecule has 6 heteroatoms.